The van der Waals surface area contributed by atoms with Crippen LogP contribution in [0.25, 0.3) is 0 Å². The Morgan fingerprint density at radius 1 is 1.03 bits per heavy atom. The number of nitrogens with zero attached hydrogens (tertiary/aromatic N) is 3. The van der Waals surface area contributed by atoms with Crippen molar-refractivity contribution in [3.8, 4) is 11.5 Å². The van der Waals surface area contributed by atoms with E-state index < -0.39 is 0 Å². The number of halogens is 1. The van der Waals surface area contributed by atoms with Crippen LogP contribution in [0, 0.1) is 0 Å². The summed E-state index contributed by atoms with van der Waals surface area (Å²) >= 11 is 6.25. The summed E-state index contributed by atoms with van der Waals surface area (Å²) < 4.78 is 11.6. The Hall–Kier alpha value is -2.47. The molecule has 0 aliphatic carbocycles. The van der Waals surface area contributed by atoms with Crippen molar-refractivity contribution in [3.05, 3.63) is 47.1 Å². The minimum Gasteiger partial charge on any atom is -0.490 e. The zero-order valence-electron chi connectivity index (χ0n) is 17.1. The first-order valence-electron chi connectivity index (χ1n) is 10.2. The van der Waals surface area contributed by atoms with Crippen molar-refractivity contribution in [1.29, 1.82) is 0 Å². The largest absolute Gasteiger partial charge is 0.490 e. The molecule has 1 saturated heterocycles. The molecular weight excluding hydrogens is 390 g/mol. The van der Waals surface area contributed by atoms with Gasteiger partial charge in [-0.2, -0.15) is 0 Å². The molecule has 1 aromatic carbocycles. The maximum atomic E-state index is 13.0. The van der Waals surface area contributed by atoms with Crippen LogP contribution in [0.15, 0.2) is 36.5 Å². The van der Waals surface area contributed by atoms with Gasteiger partial charge < -0.3 is 19.3 Å². The van der Waals surface area contributed by atoms with E-state index in [1.807, 2.05) is 29.2 Å². The molecule has 3 rings (SSSR count). The van der Waals surface area contributed by atoms with Crippen LogP contribution >= 0.6 is 11.6 Å². The third-order valence-corrected chi connectivity index (χ3v) is 5.01. The van der Waals surface area contributed by atoms with Crippen LogP contribution in [0.2, 0.25) is 5.02 Å². The first-order chi connectivity index (χ1) is 14.1. The lowest BCUT2D eigenvalue weighted by atomic mass is 10.1. The van der Waals surface area contributed by atoms with Crippen LogP contribution in [0.5, 0.6) is 11.5 Å². The molecule has 1 fully saturated rings. The average molecular weight is 418 g/mol. The number of ether oxygens (including phenoxy) is 2. The van der Waals surface area contributed by atoms with Crippen LogP contribution in [0.4, 0.5) is 5.82 Å². The number of carbonyl (C=O) groups excluding carboxylic acids is 1. The number of anilines is 1. The Bertz CT molecular complexity index is 823. The molecule has 0 atom stereocenters. The van der Waals surface area contributed by atoms with Gasteiger partial charge in [0.1, 0.15) is 5.82 Å². The molecule has 29 heavy (non-hydrogen) atoms. The zero-order valence-corrected chi connectivity index (χ0v) is 17.8. The predicted molar refractivity (Wildman–Crippen MR) is 115 cm³/mol. The number of rotatable bonds is 8. The van der Waals surface area contributed by atoms with Gasteiger partial charge in [-0.05, 0) is 43.2 Å². The fourth-order valence-corrected chi connectivity index (χ4v) is 3.45. The van der Waals surface area contributed by atoms with Crippen molar-refractivity contribution in [2.24, 2.45) is 0 Å². The molecule has 6 nitrogen and oxygen atoms in total. The summed E-state index contributed by atoms with van der Waals surface area (Å²) in [6.07, 6.45) is 3.54. The SMILES string of the molecule is CCCOc1ccc(C(=O)N2CCN(c3ncccc3Cl)CC2)cc1OCCC. The average Bonchev–Trinajstić information content (AvgIpc) is 2.76. The second kappa shape index (κ2) is 10.3. The highest BCUT2D eigenvalue weighted by atomic mass is 35.5. The normalized spacial score (nSPS) is 14.0. The molecular formula is C22H28ClN3O3. The number of benzene rings is 1. The summed E-state index contributed by atoms with van der Waals surface area (Å²) in [6.45, 7) is 7.93. The summed E-state index contributed by atoms with van der Waals surface area (Å²) in [5.41, 5.74) is 0.615. The standard InChI is InChI=1S/C22H28ClN3O3/c1-3-14-28-19-8-7-17(16-20(19)29-15-4-2)22(27)26-12-10-25(11-13-26)21-18(23)6-5-9-24-21/h5-9,16H,3-4,10-15H2,1-2H3. The van der Waals surface area contributed by atoms with Gasteiger partial charge >= 0.3 is 0 Å². The van der Waals surface area contributed by atoms with Crippen molar-refractivity contribution in [3.63, 3.8) is 0 Å². The molecule has 156 valence electrons. The smallest absolute Gasteiger partial charge is 0.254 e. The Kier molecular flexibility index (Phi) is 7.58. The van der Waals surface area contributed by atoms with E-state index in [0.29, 0.717) is 61.5 Å². The fourth-order valence-electron chi connectivity index (χ4n) is 3.21. The lowest BCUT2D eigenvalue weighted by Gasteiger charge is -2.35. The Morgan fingerprint density at radius 3 is 2.38 bits per heavy atom. The molecule has 7 heteroatoms. The first kappa shape index (κ1) is 21.2. The molecule has 0 unspecified atom stereocenters. The summed E-state index contributed by atoms with van der Waals surface area (Å²) in [5.74, 6) is 2.09. The summed E-state index contributed by atoms with van der Waals surface area (Å²) in [5, 5.41) is 0.632. The molecule has 0 spiro atoms. The van der Waals surface area contributed by atoms with Gasteiger partial charge in [-0.1, -0.05) is 25.4 Å². The van der Waals surface area contributed by atoms with Gasteiger partial charge in [0, 0.05) is 37.9 Å². The van der Waals surface area contributed by atoms with Crippen LogP contribution in [-0.2, 0) is 0 Å². The minimum atomic E-state index is 0.000146. The minimum absolute atomic E-state index is 0.000146. The number of piperazine rings is 1. The van der Waals surface area contributed by atoms with E-state index >= 15 is 0 Å². The molecule has 0 radical (unpaired) electrons. The van der Waals surface area contributed by atoms with Gasteiger partial charge in [0.05, 0.1) is 18.2 Å². The summed E-state index contributed by atoms with van der Waals surface area (Å²) in [7, 11) is 0. The quantitative estimate of drug-likeness (QED) is 0.641. The Morgan fingerprint density at radius 2 is 1.72 bits per heavy atom. The Labute approximate surface area is 177 Å². The highest BCUT2D eigenvalue weighted by molar-refractivity contribution is 6.32. The van der Waals surface area contributed by atoms with Gasteiger partial charge in [0.2, 0.25) is 0 Å². The topological polar surface area (TPSA) is 54.9 Å². The third-order valence-electron chi connectivity index (χ3n) is 4.72. The lowest BCUT2D eigenvalue weighted by Crippen LogP contribution is -2.49. The van der Waals surface area contributed by atoms with Gasteiger partial charge in [0.15, 0.2) is 11.5 Å². The predicted octanol–water partition coefficient (Wildman–Crippen LogP) is 4.28. The van der Waals surface area contributed by atoms with Gasteiger partial charge in [0.25, 0.3) is 5.91 Å². The van der Waals surface area contributed by atoms with Crippen molar-refractivity contribution >= 4 is 23.3 Å². The van der Waals surface area contributed by atoms with Crippen LogP contribution in [-0.4, -0.2) is 55.2 Å². The molecule has 2 heterocycles. The monoisotopic (exact) mass is 417 g/mol. The molecule has 2 aromatic rings. The highest BCUT2D eigenvalue weighted by Gasteiger charge is 2.24. The molecule has 0 bridgehead atoms. The molecule has 0 N–H and O–H groups in total. The molecule has 1 aromatic heterocycles. The number of carbonyl (C=O) groups is 1. The van der Waals surface area contributed by atoms with E-state index in [1.54, 1.807) is 12.3 Å². The number of hydrogen-bond acceptors (Lipinski definition) is 5. The van der Waals surface area contributed by atoms with E-state index in [9.17, 15) is 4.79 Å². The van der Waals surface area contributed by atoms with Crippen molar-refractivity contribution < 1.29 is 14.3 Å². The first-order valence-corrected chi connectivity index (χ1v) is 10.6. The van der Waals surface area contributed by atoms with Gasteiger partial charge in [-0.25, -0.2) is 4.98 Å². The molecule has 1 aliphatic heterocycles. The van der Waals surface area contributed by atoms with Crippen LogP contribution in [0.1, 0.15) is 37.0 Å². The number of pyridine rings is 1. The van der Waals surface area contributed by atoms with E-state index in [2.05, 4.69) is 23.7 Å². The number of hydrogen-bond donors (Lipinski definition) is 0. The van der Waals surface area contributed by atoms with Gasteiger partial charge in [-0.3, -0.25) is 4.79 Å². The molecule has 0 saturated carbocycles. The van der Waals surface area contributed by atoms with Gasteiger partial charge in [-0.15, -0.1) is 0 Å². The molecule has 1 aliphatic rings. The van der Waals surface area contributed by atoms with E-state index in [0.717, 1.165) is 18.7 Å². The van der Waals surface area contributed by atoms with E-state index in [4.69, 9.17) is 21.1 Å². The second-order valence-electron chi connectivity index (χ2n) is 6.95. The van der Waals surface area contributed by atoms with Crippen LogP contribution in [0.3, 0.4) is 0 Å². The maximum Gasteiger partial charge on any atom is 0.254 e. The van der Waals surface area contributed by atoms with Crippen LogP contribution < -0.4 is 14.4 Å². The number of aromatic nitrogens is 1. The third kappa shape index (κ3) is 5.32. The number of amides is 1. The highest BCUT2D eigenvalue weighted by Crippen LogP contribution is 2.30. The van der Waals surface area contributed by atoms with Crippen molar-refractivity contribution in [1.82, 2.24) is 9.88 Å². The summed E-state index contributed by atoms with van der Waals surface area (Å²) in [4.78, 5) is 21.4. The van der Waals surface area contributed by atoms with E-state index in [-0.39, 0.29) is 5.91 Å². The summed E-state index contributed by atoms with van der Waals surface area (Å²) in [6, 6.07) is 9.09. The lowest BCUT2D eigenvalue weighted by molar-refractivity contribution is 0.0746. The maximum absolute atomic E-state index is 13.0. The second-order valence-corrected chi connectivity index (χ2v) is 7.35. The van der Waals surface area contributed by atoms with Crippen molar-refractivity contribution in [2.75, 3.05) is 44.3 Å². The zero-order chi connectivity index (χ0) is 20.6. The molecule has 1 amide bonds. The van der Waals surface area contributed by atoms with E-state index in [1.165, 1.54) is 0 Å². The fraction of sp³-hybridized carbons (Fsp3) is 0.455. The Balaban J connectivity index is 1.68. The van der Waals surface area contributed by atoms with Crippen molar-refractivity contribution in [2.45, 2.75) is 26.7 Å².